The summed E-state index contributed by atoms with van der Waals surface area (Å²) in [6.45, 7) is 6.19. The number of pyridine rings is 2. The van der Waals surface area contributed by atoms with Crippen LogP contribution in [0.5, 0.6) is 11.5 Å². The molecule has 0 N–H and O–H groups in total. The summed E-state index contributed by atoms with van der Waals surface area (Å²) in [6, 6.07) is 19.5. The maximum atomic E-state index is 6.36. The van der Waals surface area contributed by atoms with Crippen LogP contribution in [-0.4, -0.2) is 16.7 Å². The third-order valence-electron chi connectivity index (χ3n) is 6.14. The number of benzene rings is 2. The van der Waals surface area contributed by atoms with Crippen molar-refractivity contribution in [2.24, 2.45) is 0 Å². The Morgan fingerprint density at radius 1 is 0.968 bits per heavy atom. The number of hydrogen-bond donors (Lipinski definition) is 0. The van der Waals surface area contributed by atoms with E-state index in [1.807, 2.05) is 31.5 Å². The fraction of sp³-hybridized carbons (Fsp3) is 0.154. The fourth-order valence-corrected chi connectivity index (χ4v) is 4.82. The molecule has 6 rings (SSSR count). The van der Waals surface area contributed by atoms with E-state index in [0.717, 1.165) is 51.5 Å². The van der Waals surface area contributed by atoms with Crippen LogP contribution in [0.2, 0.25) is 0 Å². The van der Waals surface area contributed by atoms with Gasteiger partial charge in [0.05, 0.1) is 0 Å². The second kappa shape index (κ2) is 7.41. The first-order chi connectivity index (χ1) is 14.6. The van der Waals surface area contributed by atoms with Crippen LogP contribution in [0.3, 0.4) is 0 Å². The van der Waals surface area contributed by atoms with Crippen LogP contribution in [0.15, 0.2) is 48.8 Å². The van der Waals surface area contributed by atoms with Gasteiger partial charge in [0.2, 0.25) is 6.71 Å². The van der Waals surface area contributed by atoms with Crippen LogP contribution in [0.25, 0.3) is 11.1 Å². The van der Waals surface area contributed by atoms with E-state index in [4.69, 9.17) is 4.74 Å². The average Bonchev–Trinajstić information content (AvgIpc) is 2.73. The molecule has 0 atom stereocenters. The van der Waals surface area contributed by atoms with Crippen LogP contribution in [0, 0.1) is 32.9 Å². The molecule has 0 saturated heterocycles. The molecule has 0 unspecified atom stereocenters. The normalized spacial score (nSPS) is 12.8. The van der Waals surface area contributed by atoms with Gasteiger partial charge < -0.3 is 4.74 Å². The Bertz CT molecular complexity index is 1340. The minimum Gasteiger partial charge on any atom is -0.503 e. The van der Waals surface area contributed by atoms with Gasteiger partial charge in [-0.2, -0.15) is 29.8 Å². The summed E-state index contributed by atoms with van der Waals surface area (Å²) in [4.78, 5) is 9.21. The van der Waals surface area contributed by atoms with Crippen molar-refractivity contribution in [3.05, 3.63) is 89.0 Å². The first kappa shape index (κ1) is 20.1. The maximum Gasteiger partial charge on any atom is 1.00 e. The number of nitrogens with zero attached hydrogens (tertiary/aromatic N) is 2. The molecule has 2 aromatic carbocycles. The molecule has 2 aromatic heterocycles. The van der Waals surface area contributed by atoms with Crippen molar-refractivity contribution in [3.63, 3.8) is 0 Å². The minimum atomic E-state index is 0. The molecule has 144 valence electrons. The smallest absolute Gasteiger partial charge is 0.503 e. The van der Waals surface area contributed by atoms with E-state index >= 15 is 0 Å². The Morgan fingerprint density at radius 3 is 2.55 bits per heavy atom. The standard InChI is InChI=1S/C26H19BN2O.Li/c1-15-5-4-6-18(9-15)20-7-8-24-26-21(20)12-19-10-16(2)28-13-22(19)27(26)23-14-29-17(3)11-25(23)30-24;/h4-6,8,10-11,13-14H,12H2,1-3H3;/q-2;+1. The molecule has 31 heavy (non-hydrogen) atoms. The van der Waals surface area contributed by atoms with Gasteiger partial charge in [-0.3, -0.25) is 9.97 Å². The van der Waals surface area contributed by atoms with Gasteiger partial charge in [0.1, 0.15) is 5.75 Å². The molecule has 0 fully saturated rings. The second-order valence-corrected chi connectivity index (χ2v) is 8.27. The van der Waals surface area contributed by atoms with Crippen molar-refractivity contribution in [1.29, 1.82) is 0 Å². The Hall–Kier alpha value is -2.80. The summed E-state index contributed by atoms with van der Waals surface area (Å²) < 4.78 is 6.36. The van der Waals surface area contributed by atoms with Crippen molar-refractivity contribution < 1.29 is 23.6 Å². The predicted molar refractivity (Wildman–Crippen MR) is 120 cm³/mol. The molecule has 2 aliphatic rings. The van der Waals surface area contributed by atoms with E-state index in [0.29, 0.717) is 0 Å². The van der Waals surface area contributed by atoms with E-state index in [2.05, 4.69) is 60.2 Å². The number of aryl methyl sites for hydroxylation is 3. The van der Waals surface area contributed by atoms with E-state index < -0.39 is 0 Å². The van der Waals surface area contributed by atoms with Crippen molar-refractivity contribution >= 4 is 23.1 Å². The summed E-state index contributed by atoms with van der Waals surface area (Å²) in [6.07, 6.45) is 4.84. The third-order valence-corrected chi connectivity index (χ3v) is 6.14. The number of fused-ring (bicyclic) bond motifs is 4. The fourth-order valence-electron chi connectivity index (χ4n) is 4.82. The molecule has 0 amide bonds. The van der Waals surface area contributed by atoms with Crippen molar-refractivity contribution in [2.45, 2.75) is 27.2 Å². The zero-order chi connectivity index (χ0) is 20.4. The Labute approximate surface area is 195 Å². The summed E-state index contributed by atoms with van der Waals surface area (Å²) in [5.74, 6) is 1.76. The van der Waals surface area contributed by atoms with Gasteiger partial charge >= 0.3 is 18.9 Å². The Kier molecular flexibility index (Phi) is 4.81. The molecule has 0 aliphatic carbocycles. The average molecular weight is 393 g/mol. The van der Waals surface area contributed by atoms with Gasteiger partial charge in [0, 0.05) is 35.6 Å². The second-order valence-electron chi connectivity index (χ2n) is 8.27. The molecule has 3 nitrogen and oxygen atoms in total. The van der Waals surface area contributed by atoms with Crippen LogP contribution in [0.1, 0.15) is 28.1 Å². The van der Waals surface area contributed by atoms with E-state index in [9.17, 15) is 0 Å². The molecule has 0 radical (unpaired) electrons. The van der Waals surface area contributed by atoms with Crippen LogP contribution >= 0.6 is 0 Å². The number of ether oxygens (including phenoxy) is 1. The molecular formula is C26H19BLiN2O-. The molecule has 0 bridgehead atoms. The first-order valence-corrected chi connectivity index (χ1v) is 10.2. The molecule has 4 heterocycles. The quantitative estimate of drug-likeness (QED) is 0.296. The predicted octanol–water partition coefficient (Wildman–Crippen LogP) is 0.199. The SMILES string of the molecule is Cc1[c-]c(-c2[c-]cc3c4c2Cc2cc(C)ncc2B4c2cnc(C)cc2O3)ccc1.[Li+]. The van der Waals surface area contributed by atoms with Gasteiger partial charge in [-0.1, -0.05) is 12.5 Å². The zero-order valence-electron chi connectivity index (χ0n) is 18.2. The minimum absolute atomic E-state index is 0. The van der Waals surface area contributed by atoms with E-state index in [-0.39, 0.29) is 25.6 Å². The summed E-state index contributed by atoms with van der Waals surface area (Å²) >= 11 is 0. The Balaban J connectivity index is 0.00000204. The maximum absolute atomic E-state index is 6.36. The molecule has 2 aliphatic heterocycles. The summed E-state index contributed by atoms with van der Waals surface area (Å²) in [5, 5.41) is 0. The van der Waals surface area contributed by atoms with Gasteiger partial charge in [0.15, 0.2) is 0 Å². The molecule has 0 spiro atoms. The Morgan fingerprint density at radius 2 is 1.74 bits per heavy atom. The van der Waals surface area contributed by atoms with Gasteiger partial charge in [-0.05, 0) is 37.3 Å². The number of rotatable bonds is 1. The molecule has 5 heteroatoms. The van der Waals surface area contributed by atoms with E-state index in [1.54, 1.807) is 0 Å². The molecular weight excluding hydrogens is 374 g/mol. The van der Waals surface area contributed by atoms with Gasteiger partial charge in [-0.15, -0.1) is 23.2 Å². The largest absolute Gasteiger partial charge is 1.00 e. The molecule has 4 aromatic rings. The van der Waals surface area contributed by atoms with Gasteiger partial charge in [-0.25, -0.2) is 11.1 Å². The van der Waals surface area contributed by atoms with Crippen LogP contribution in [-0.2, 0) is 6.42 Å². The number of aromatic nitrogens is 2. The van der Waals surface area contributed by atoms with Crippen LogP contribution < -0.4 is 40.0 Å². The third kappa shape index (κ3) is 3.14. The summed E-state index contributed by atoms with van der Waals surface area (Å²) in [7, 11) is 0. The van der Waals surface area contributed by atoms with Gasteiger partial charge in [0.25, 0.3) is 0 Å². The zero-order valence-corrected chi connectivity index (χ0v) is 18.2. The topological polar surface area (TPSA) is 35.0 Å². The van der Waals surface area contributed by atoms with E-state index in [1.165, 1.54) is 22.1 Å². The van der Waals surface area contributed by atoms with Crippen molar-refractivity contribution in [1.82, 2.24) is 9.97 Å². The van der Waals surface area contributed by atoms with Crippen LogP contribution in [0.4, 0.5) is 0 Å². The number of hydrogen-bond acceptors (Lipinski definition) is 3. The first-order valence-electron chi connectivity index (χ1n) is 10.2. The van der Waals surface area contributed by atoms with Crippen molar-refractivity contribution in [3.8, 4) is 22.6 Å². The van der Waals surface area contributed by atoms with Crippen molar-refractivity contribution in [2.75, 3.05) is 0 Å². The molecule has 0 saturated carbocycles. The summed E-state index contributed by atoms with van der Waals surface area (Å²) in [5.41, 5.74) is 11.4. The monoisotopic (exact) mass is 393 g/mol.